The molecule has 0 saturated carbocycles. The number of amides is 1. The standard InChI is InChI=1S/C11H13N3O5/c1-6-3-8(7(2)13-12-6)11(19)14(4-9(15)16)5-10(17)18/h3H,4-5H2,1-2H3,(H,15,16)(H,17,18). The zero-order valence-electron chi connectivity index (χ0n) is 10.5. The maximum absolute atomic E-state index is 12.1. The summed E-state index contributed by atoms with van der Waals surface area (Å²) in [7, 11) is 0. The van der Waals surface area contributed by atoms with E-state index in [1.807, 2.05) is 0 Å². The van der Waals surface area contributed by atoms with Crippen LogP contribution in [0.5, 0.6) is 0 Å². The fraction of sp³-hybridized carbons (Fsp3) is 0.364. The summed E-state index contributed by atoms with van der Waals surface area (Å²) in [6.45, 7) is 1.79. The fourth-order valence-electron chi connectivity index (χ4n) is 1.46. The number of rotatable bonds is 5. The maximum atomic E-state index is 12.1. The van der Waals surface area contributed by atoms with Crippen molar-refractivity contribution in [3.8, 4) is 0 Å². The fourth-order valence-corrected chi connectivity index (χ4v) is 1.46. The molecule has 0 bridgehead atoms. The normalized spacial score (nSPS) is 10.0. The van der Waals surface area contributed by atoms with Gasteiger partial charge in [0.05, 0.1) is 17.0 Å². The minimum atomic E-state index is -1.29. The SMILES string of the molecule is Cc1cc(C(=O)N(CC(=O)O)CC(=O)O)c(C)nn1. The number of carboxylic acids is 2. The number of aliphatic carboxylic acids is 2. The molecule has 8 heteroatoms. The maximum Gasteiger partial charge on any atom is 0.323 e. The Bertz CT molecular complexity index is 513. The Morgan fingerprint density at radius 3 is 2.11 bits per heavy atom. The third-order valence-electron chi connectivity index (χ3n) is 2.27. The highest BCUT2D eigenvalue weighted by atomic mass is 16.4. The van der Waals surface area contributed by atoms with Gasteiger partial charge in [-0.1, -0.05) is 0 Å². The second kappa shape index (κ2) is 5.89. The zero-order valence-corrected chi connectivity index (χ0v) is 10.5. The second-order valence-electron chi connectivity index (χ2n) is 3.93. The van der Waals surface area contributed by atoms with E-state index in [9.17, 15) is 14.4 Å². The molecule has 0 unspecified atom stereocenters. The first-order chi connectivity index (χ1) is 8.81. The van der Waals surface area contributed by atoms with Gasteiger partial charge in [-0.15, -0.1) is 0 Å². The first-order valence-electron chi connectivity index (χ1n) is 5.35. The largest absolute Gasteiger partial charge is 0.480 e. The van der Waals surface area contributed by atoms with Crippen LogP contribution < -0.4 is 0 Å². The molecule has 19 heavy (non-hydrogen) atoms. The van der Waals surface area contributed by atoms with Crippen molar-refractivity contribution in [3.63, 3.8) is 0 Å². The van der Waals surface area contributed by atoms with E-state index in [-0.39, 0.29) is 5.56 Å². The molecule has 1 aromatic rings. The van der Waals surface area contributed by atoms with E-state index in [1.54, 1.807) is 13.8 Å². The van der Waals surface area contributed by atoms with Crippen molar-refractivity contribution in [1.29, 1.82) is 0 Å². The lowest BCUT2D eigenvalue weighted by molar-refractivity contribution is -0.140. The van der Waals surface area contributed by atoms with Gasteiger partial charge in [0.2, 0.25) is 0 Å². The minimum absolute atomic E-state index is 0.148. The van der Waals surface area contributed by atoms with Crippen molar-refractivity contribution < 1.29 is 24.6 Å². The molecule has 2 N–H and O–H groups in total. The highest BCUT2D eigenvalue weighted by Crippen LogP contribution is 2.09. The number of carbonyl (C=O) groups is 3. The molecule has 0 atom stereocenters. The molecule has 1 aromatic heterocycles. The summed E-state index contributed by atoms with van der Waals surface area (Å²) in [6, 6.07) is 1.45. The smallest absolute Gasteiger partial charge is 0.323 e. The summed E-state index contributed by atoms with van der Waals surface area (Å²) in [5, 5.41) is 24.9. The Morgan fingerprint density at radius 2 is 1.63 bits per heavy atom. The number of hydrogen-bond donors (Lipinski definition) is 2. The lowest BCUT2D eigenvalue weighted by atomic mass is 10.1. The van der Waals surface area contributed by atoms with Crippen LogP contribution in [0, 0.1) is 13.8 Å². The number of aromatic nitrogens is 2. The van der Waals surface area contributed by atoms with Crippen LogP contribution in [0.25, 0.3) is 0 Å². The van der Waals surface area contributed by atoms with Gasteiger partial charge in [0.1, 0.15) is 13.1 Å². The molecule has 8 nitrogen and oxygen atoms in total. The molecule has 0 saturated heterocycles. The van der Waals surface area contributed by atoms with Gasteiger partial charge in [0, 0.05) is 0 Å². The Morgan fingerprint density at radius 1 is 1.11 bits per heavy atom. The molecular weight excluding hydrogens is 254 g/mol. The van der Waals surface area contributed by atoms with E-state index in [4.69, 9.17) is 10.2 Å². The number of nitrogens with zero attached hydrogens (tertiary/aromatic N) is 3. The molecular formula is C11H13N3O5. The van der Waals surface area contributed by atoms with Gasteiger partial charge in [0.25, 0.3) is 5.91 Å². The molecule has 0 aliphatic heterocycles. The molecule has 1 amide bonds. The third-order valence-corrected chi connectivity index (χ3v) is 2.27. The number of carbonyl (C=O) groups excluding carboxylic acids is 1. The molecule has 0 aliphatic rings. The molecule has 0 radical (unpaired) electrons. The van der Waals surface area contributed by atoms with Crippen molar-refractivity contribution in [3.05, 3.63) is 23.0 Å². The van der Waals surface area contributed by atoms with Crippen LogP contribution in [0.2, 0.25) is 0 Å². The predicted octanol–water partition coefficient (Wildman–Crippen LogP) is -0.295. The summed E-state index contributed by atoms with van der Waals surface area (Å²) >= 11 is 0. The molecule has 0 aliphatic carbocycles. The first kappa shape index (κ1) is 14.6. The van der Waals surface area contributed by atoms with E-state index in [0.717, 1.165) is 4.90 Å². The molecule has 102 valence electrons. The van der Waals surface area contributed by atoms with Crippen molar-refractivity contribution in [2.24, 2.45) is 0 Å². The van der Waals surface area contributed by atoms with E-state index < -0.39 is 30.9 Å². The van der Waals surface area contributed by atoms with Gasteiger partial charge in [-0.3, -0.25) is 14.4 Å². The summed E-state index contributed by atoms with van der Waals surface area (Å²) in [6.07, 6.45) is 0. The van der Waals surface area contributed by atoms with Crippen LogP contribution >= 0.6 is 0 Å². The van der Waals surface area contributed by atoms with Crippen molar-refractivity contribution in [2.45, 2.75) is 13.8 Å². The van der Waals surface area contributed by atoms with Gasteiger partial charge in [0.15, 0.2) is 0 Å². The van der Waals surface area contributed by atoms with Gasteiger partial charge in [-0.25, -0.2) is 0 Å². The highest BCUT2D eigenvalue weighted by molar-refractivity contribution is 5.98. The number of aryl methyl sites for hydroxylation is 2. The van der Waals surface area contributed by atoms with Crippen LogP contribution in [0.1, 0.15) is 21.7 Å². The second-order valence-corrected chi connectivity index (χ2v) is 3.93. The summed E-state index contributed by atoms with van der Waals surface area (Å²) in [5.41, 5.74) is 0.950. The average molecular weight is 267 g/mol. The minimum Gasteiger partial charge on any atom is -0.480 e. The van der Waals surface area contributed by atoms with Crippen molar-refractivity contribution in [1.82, 2.24) is 15.1 Å². The third kappa shape index (κ3) is 4.02. The lowest BCUT2D eigenvalue weighted by Crippen LogP contribution is -2.39. The van der Waals surface area contributed by atoms with E-state index >= 15 is 0 Å². The Hall–Kier alpha value is -2.51. The first-order valence-corrected chi connectivity index (χ1v) is 5.35. The van der Waals surface area contributed by atoms with Crippen molar-refractivity contribution in [2.75, 3.05) is 13.1 Å². The molecule has 0 aromatic carbocycles. The monoisotopic (exact) mass is 267 g/mol. The molecule has 1 heterocycles. The van der Waals surface area contributed by atoms with Gasteiger partial charge < -0.3 is 15.1 Å². The predicted molar refractivity (Wildman–Crippen MR) is 62.7 cm³/mol. The van der Waals surface area contributed by atoms with Crippen LogP contribution in [0.3, 0.4) is 0 Å². The van der Waals surface area contributed by atoms with Crippen LogP contribution in [0.4, 0.5) is 0 Å². The van der Waals surface area contributed by atoms with Crippen LogP contribution in [0.15, 0.2) is 6.07 Å². The molecule has 0 spiro atoms. The number of hydrogen-bond acceptors (Lipinski definition) is 5. The summed E-state index contributed by atoms with van der Waals surface area (Å²) < 4.78 is 0. The average Bonchev–Trinajstić information content (AvgIpc) is 2.29. The topological polar surface area (TPSA) is 121 Å². The Balaban J connectivity index is 3.07. The van der Waals surface area contributed by atoms with Gasteiger partial charge >= 0.3 is 11.9 Å². The van der Waals surface area contributed by atoms with Crippen LogP contribution in [-0.2, 0) is 9.59 Å². The lowest BCUT2D eigenvalue weighted by Gasteiger charge is -2.19. The quantitative estimate of drug-likeness (QED) is 0.751. The van der Waals surface area contributed by atoms with E-state index in [0.29, 0.717) is 11.4 Å². The Labute approximate surface area is 108 Å². The van der Waals surface area contributed by atoms with Gasteiger partial charge in [-0.05, 0) is 19.9 Å². The zero-order chi connectivity index (χ0) is 14.6. The Kier molecular flexibility index (Phi) is 4.51. The summed E-state index contributed by atoms with van der Waals surface area (Å²) in [4.78, 5) is 34.2. The van der Waals surface area contributed by atoms with Crippen LogP contribution in [-0.4, -0.2) is 56.2 Å². The van der Waals surface area contributed by atoms with E-state index in [1.165, 1.54) is 6.07 Å². The summed E-state index contributed by atoms with van der Waals surface area (Å²) in [5.74, 6) is -3.27. The molecule has 1 rings (SSSR count). The molecule has 0 fully saturated rings. The number of carboxylic acid groups (broad SMARTS) is 2. The van der Waals surface area contributed by atoms with Gasteiger partial charge in [-0.2, -0.15) is 10.2 Å². The highest BCUT2D eigenvalue weighted by Gasteiger charge is 2.23. The van der Waals surface area contributed by atoms with Crippen molar-refractivity contribution >= 4 is 17.8 Å². The van der Waals surface area contributed by atoms with E-state index in [2.05, 4.69) is 10.2 Å².